The van der Waals surface area contributed by atoms with Crippen LogP contribution in [0.4, 0.5) is 0 Å². The second kappa shape index (κ2) is 9.05. The molecule has 0 aliphatic carbocycles. The van der Waals surface area contributed by atoms with E-state index < -0.39 is 0 Å². The van der Waals surface area contributed by atoms with Gasteiger partial charge in [-0.05, 0) is 61.3 Å². The highest BCUT2D eigenvalue weighted by atomic mass is 16.3. The molecule has 3 heterocycles. The van der Waals surface area contributed by atoms with E-state index in [1.165, 1.54) is 5.56 Å². The highest BCUT2D eigenvalue weighted by Crippen LogP contribution is 2.23. The van der Waals surface area contributed by atoms with Crippen molar-refractivity contribution in [3.05, 3.63) is 78.3 Å². The molecule has 1 amide bonds. The van der Waals surface area contributed by atoms with Crippen molar-refractivity contribution in [1.82, 2.24) is 14.8 Å². The van der Waals surface area contributed by atoms with Gasteiger partial charge in [-0.15, -0.1) is 0 Å². The minimum atomic E-state index is 0.112. The summed E-state index contributed by atoms with van der Waals surface area (Å²) in [6.07, 6.45) is 7.50. The largest absolute Gasteiger partial charge is 0.464 e. The van der Waals surface area contributed by atoms with Crippen LogP contribution in [-0.2, 0) is 6.54 Å². The number of likely N-dealkylation sites (tertiary alicyclic amines) is 1. The summed E-state index contributed by atoms with van der Waals surface area (Å²) < 4.78 is 5.43. The van der Waals surface area contributed by atoms with Gasteiger partial charge in [0.2, 0.25) is 0 Å². The van der Waals surface area contributed by atoms with Gasteiger partial charge in [-0.2, -0.15) is 0 Å². The zero-order chi connectivity index (χ0) is 20.1. The predicted molar refractivity (Wildman–Crippen MR) is 113 cm³/mol. The highest BCUT2D eigenvalue weighted by Gasteiger charge is 2.28. The lowest BCUT2D eigenvalue weighted by atomic mass is 10.0. The number of rotatable bonds is 6. The van der Waals surface area contributed by atoms with Crippen molar-refractivity contribution >= 4 is 5.91 Å². The summed E-state index contributed by atoms with van der Waals surface area (Å²) in [5.41, 5.74) is 2.98. The van der Waals surface area contributed by atoms with Crippen molar-refractivity contribution in [3.8, 4) is 11.3 Å². The van der Waals surface area contributed by atoms with Crippen molar-refractivity contribution in [2.45, 2.75) is 32.4 Å². The Morgan fingerprint density at radius 3 is 2.66 bits per heavy atom. The van der Waals surface area contributed by atoms with Crippen LogP contribution in [0.2, 0.25) is 0 Å². The van der Waals surface area contributed by atoms with Gasteiger partial charge in [0.1, 0.15) is 5.76 Å². The third kappa shape index (κ3) is 4.57. The molecule has 3 aromatic rings. The summed E-state index contributed by atoms with van der Waals surface area (Å²) in [5, 5.41) is 0. The third-order valence-corrected chi connectivity index (χ3v) is 5.68. The summed E-state index contributed by atoms with van der Waals surface area (Å²) in [6, 6.07) is 16.0. The zero-order valence-corrected chi connectivity index (χ0v) is 16.8. The standard InChI is InChI=1S/C24H27N3O2/c1-2-26(17-19-11-13-25-14-12-19)22-5-3-15-27(18-22)24(28)21-9-7-20(8-10-21)23-6-4-16-29-23/h4,6-14,16,22H,2-3,5,15,17-18H2,1H3. The fourth-order valence-corrected chi connectivity index (χ4v) is 4.06. The average Bonchev–Trinajstić information content (AvgIpc) is 3.33. The first kappa shape index (κ1) is 19.4. The molecule has 1 aliphatic rings. The molecule has 0 radical (unpaired) electrons. The molecule has 5 heteroatoms. The first-order chi connectivity index (χ1) is 14.2. The average molecular weight is 389 g/mol. The number of amides is 1. The second-order valence-electron chi connectivity index (χ2n) is 7.52. The lowest BCUT2D eigenvalue weighted by Gasteiger charge is -2.39. The molecule has 4 rings (SSSR count). The second-order valence-corrected chi connectivity index (χ2v) is 7.52. The number of hydrogen-bond acceptors (Lipinski definition) is 4. The van der Waals surface area contributed by atoms with Crippen molar-refractivity contribution in [2.24, 2.45) is 0 Å². The number of benzene rings is 1. The number of carbonyl (C=O) groups excluding carboxylic acids is 1. The molecule has 1 aliphatic heterocycles. The van der Waals surface area contributed by atoms with Gasteiger partial charge in [0.25, 0.3) is 5.91 Å². The van der Waals surface area contributed by atoms with Crippen molar-refractivity contribution < 1.29 is 9.21 Å². The monoisotopic (exact) mass is 389 g/mol. The normalized spacial score (nSPS) is 16.9. The molecule has 150 valence electrons. The summed E-state index contributed by atoms with van der Waals surface area (Å²) in [4.78, 5) is 21.7. The van der Waals surface area contributed by atoms with Crippen molar-refractivity contribution in [1.29, 1.82) is 0 Å². The maximum Gasteiger partial charge on any atom is 0.253 e. The Kier molecular flexibility index (Phi) is 6.06. The molecule has 1 saturated heterocycles. The minimum absolute atomic E-state index is 0.112. The number of piperidine rings is 1. The van der Waals surface area contributed by atoms with Gasteiger partial charge in [0, 0.05) is 49.2 Å². The van der Waals surface area contributed by atoms with Crippen LogP contribution >= 0.6 is 0 Å². The van der Waals surface area contributed by atoms with E-state index in [-0.39, 0.29) is 5.91 Å². The van der Waals surface area contributed by atoms with Crippen LogP contribution in [0.25, 0.3) is 11.3 Å². The van der Waals surface area contributed by atoms with Gasteiger partial charge in [0.15, 0.2) is 0 Å². The molecule has 29 heavy (non-hydrogen) atoms. The first-order valence-corrected chi connectivity index (χ1v) is 10.3. The molecule has 5 nitrogen and oxygen atoms in total. The Balaban J connectivity index is 1.42. The van der Waals surface area contributed by atoms with Crippen LogP contribution in [-0.4, -0.2) is 46.4 Å². The Labute approximate surface area is 172 Å². The predicted octanol–water partition coefficient (Wildman–Crippen LogP) is 4.47. The van der Waals surface area contributed by atoms with Crippen LogP contribution < -0.4 is 0 Å². The molecule has 0 N–H and O–H groups in total. The topological polar surface area (TPSA) is 49.6 Å². The maximum atomic E-state index is 13.1. The van der Waals surface area contributed by atoms with Crippen molar-refractivity contribution in [2.75, 3.05) is 19.6 Å². The van der Waals surface area contributed by atoms with E-state index in [0.29, 0.717) is 6.04 Å². The van der Waals surface area contributed by atoms with E-state index in [1.807, 2.05) is 53.7 Å². The molecule has 1 aromatic carbocycles. The SMILES string of the molecule is CCN(Cc1ccncc1)C1CCCN(C(=O)c2ccc(-c3ccco3)cc2)C1. The Bertz CT molecular complexity index is 907. The summed E-state index contributed by atoms with van der Waals surface area (Å²) in [7, 11) is 0. The molecule has 1 fully saturated rings. The molecule has 1 atom stereocenters. The van der Waals surface area contributed by atoms with Gasteiger partial charge in [-0.1, -0.05) is 19.1 Å². The van der Waals surface area contributed by atoms with Gasteiger partial charge >= 0.3 is 0 Å². The van der Waals surface area contributed by atoms with Gasteiger partial charge in [-0.3, -0.25) is 14.7 Å². The van der Waals surface area contributed by atoms with Crippen LogP contribution in [0.3, 0.4) is 0 Å². The molecule has 0 bridgehead atoms. The first-order valence-electron chi connectivity index (χ1n) is 10.3. The number of pyridine rings is 1. The van der Waals surface area contributed by atoms with Gasteiger partial charge in [0.05, 0.1) is 6.26 Å². The number of furan rings is 1. The molecule has 0 saturated carbocycles. The molecular formula is C24H27N3O2. The molecule has 0 spiro atoms. The summed E-state index contributed by atoms with van der Waals surface area (Å²) >= 11 is 0. The van der Waals surface area contributed by atoms with E-state index in [4.69, 9.17) is 4.42 Å². The Hall–Kier alpha value is -2.92. The number of hydrogen-bond donors (Lipinski definition) is 0. The number of aromatic nitrogens is 1. The lowest BCUT2D eigenvalue weighted by Crippen LogP contribution is -2.49. The third-order valence-electron chi connectivity index (χ3n) is 5.68. The van der Waals surface area contributed by atoms with E-state index in [9.17, 15) is 4.79 Å². The van der Waals surface area contributed by atoms with E-state index in [2.05, 4.69) is 28.9 Å². The zero-order valence-electron chi connectivity index (χ0n) is 16.8. The van der Waals surface area contributed by atoms with Gasteiger partial charge < -0.3 is 9.32 Å². The molecule has 1 unspecified atom stereocenters. The van der Waals surface area contributed by atoms with Gasteiger partial charge in [-0.25, -0.2) is 0 Å². The summed E-state index contributed by atoms with van der Waals surface area (Å²) in [6.45, 7) is 5.64. The minimum Gasteiger partial charge on any atom is -0.464 e. The quantitative estimate of drug-likeness (QED) is 0.624. The summed E-state index contributed by atoms with van der Waals surface area (Å²) in [5.74, 6) is 0.928. The smallest absolute Gasteiger partial charge is 0.253 e. The van der Waals surface area contributed by atoms with Crippen LogP contribution in [0.5, 0.6) is 0 Å². The number of likely N-dealkylation sites (N-methyl/N-ethyl adjacent to an activating group) is 1. The van der Waals surface area contributed by atoms with Crippen LogP contribution in [0.15, 0.2) is 71.6 Å². The highest BCUT2D eigenvalue weighted by molar-refractivity contribution is 5.94. The van der Waals surface area contributed by atoms with E-state index in [0.717, 1.165) is 55.9 Å². The van der Waals surface area contributed by atoms with Crippen LogP contribution in [0, 0.1) is 0 Å². The fraction of sp³-hybridized carbons (Fsp3) is 0.333. The maximum absolute atomic E-state index is 13.1. The Morgan fingerprint density at radius 1 is 1.17 bits per heavy atom. The van der Waals surface area contributed by atoms with E-state index in [1.54, 1.807) is 6.26 Å². The number of carbonyl (C=O) groups is 1. The Morgan fingerprint density at radius 2 is 1.97 bits per heavy atom. The molecule has 2 aromatic heterocycles. The number of nitrogens with zero attached hydrogens (tertiary/aromatic N) is 3. The van der Waals surface area contributed by atoms with Crippen LogP contribution in [0.1, 0.15) is 35.7 Å². The fourth-order valence-electron chi connectivity index (χ4n) is 4.06. The lowest BCUT2D eigenvalue weighted by molar-refractivity contribution is 0.0569. The van der Waals surface area contributed by atoms with E-state index >= 15 is 0 Å². The van der Waals surface area contributed by atoms with Crippen molar-refractivity contribution in [3.63, 3.8) is 0 Å². The molecular weight excluding hydrogens is 362 g/mol.